The van der Waals surface area contributed by atoms with Crippen LogP contribution < -0.4 is 31.0 Å². The van der Waals surface area contributed by atoms with Crippen molar-refractivity contribution in [3.8, 4) is 5.75 Å². The van der Waals surface area contributed by atoms with Crippen LogP contribution in [0.15, 0.2) is 48.7 Å². The van der Waals surface area contributed by atoms with Crippen molar-refractivity contribution in [2.24, 2.45) is 5.73 Å². The number of fused-ring (bicyclic) bond motifs is 1. The number of nitrogens with one attached hydrogen (secondary N) is 2. The Morgan fingerprint density at radius 3 is 2.37 bits per heavy atom. The predicted molar refractivity (Wildman–Crippen MR) is 175 cm³/mol. The van der Waals surface area contributed by atoms with Crippen molar-refractivity contribution in [1.29, 1.82) is 0 Å². The van der Waals surface area contributed by atoms with E-state index in [1.807, 2.05) is 17.1 Å². The zero-order chi connectivity index (χ0) is 32.4. The third kappa shape index (κ3) is 6.41. The summed E-state index contributed by atoms with van der Waals surface area (Å²) in [6, 6.07) is 12.3. The summed E-state index contributed by atoms with van der Waals surface area (Å²) >= 11 is 0. The summed E-state index contributed by atoms with van der Waals surface area (Å²) in [5.41, 5.74) is 8.42. The Bertz CT molecular complexity index is 1600. The molecule has 2 aromatic carbocycles. The normalized spacial score (nSPS) is 17.6. The molecule has 4 amide bonds. The maximum Gasteiger partial charge on any atom is 0.343 e. The van der Waals surface area contributed by atoms with Crippen LogP contribution >= 0.6 is 0 Å². The van der Waals surface area contributed by atoms with Gasteiger partial charge in [-0.25, -0.2) is 14.8 Å². The van der Waals surface area contributed by atoms with E-state index in [4.69, 9.17) is 15.5 Å². The van der Waals surface area contributed by atoms with E-state index >= 15 is 0 Å². The van der Waals surface area contributed by atoms with Gasteiger partial charge in [-0.3, -0.25) is 19.5 Å². The van der Waals surface area contributed by atoms with Crippen molar-refractivity contribution in [3.63, 3.8) is 0 Å². The number of amides is 4. The molecule has 6 rings (SSSR count). The second-order valence-corrected chi connectivity index (χ2v) is 12.2. The van der Waals surface area contributed by atoms with Crippen LogP contribution in [0, 0.1) is 0 Å². The number of anilines is 4. The summed E-state index contributed by atoms with van der Waals surface area (Å²) in [6.45, 7) is 2.21. The van der Waals surface area contributed by atoms with Gasteiger partial charge < -0.3 is 26.0 Å². The minimum Gasteiger partial charge on any atom is -0.495 e. The number of primary amides is 1. The Hall–Kier alpha value is -4.91. The fraction of sp³-hybridized carbons (Fsp3) is 0.424. The lowest BCUT2D eigenvalue weighted by Gasteiger charge is -2.46. The van der Waals surface area contributed by atoms with E-state index in [9.17, 15) is 14.4 Å². The first-order valence-electron chi connectivity index (χ1n) is 15.8. The summed E-state index contributed by atoms with van der Waals surface area (Å²) in [4.78, 5) is 51.7. The van der Waals surface area contributed by atoms with E-state index in [1.165, 1.54) is 0 Å². The van der Waals surface area contributed by atoms with Crippen LogP contribution in [-0.4, -0.2) is 84.1 Å². The van der Waals surface area contributed by atoms with Gasteiger partial charge in [0.15, 0.2) is 5.82 Å². The topological polar surface area (TPSA) is 149 Å². The van der Waals surface area contributed by atoms with Crippen molar-refractivity contribution in [1.82, 2.24) is 25.2 Å². The van der Waals surface area contributed by atoms with Crippen LogP contribution in [0.4, 0.5) is 27.9 Å². The number of carbonyl (C=O) groups excluding carboxylic acids is 3. The summed E-state index contributed by atoms with van der Waals surface area (Å²) in [5.74, 6) is 0.804. The van der Waals surface area contributed by atoms with E-state index in [0.717, 1.165) is 57.2 Å². The standard InChI is InChI=1S/C33H41N9O4/c1-39-16-14-24(15-17-39)36-31(44)23-12-13-26(28(18-23)46-3)37-32-35-19-27-30(38-32)42(25-6-4-5-7-25)41(33(45)40(27)2)20-21-8-10-22(11-9-21)29(34)43/h8-13,18-19,24-25H,4-7,14-17,20H2,1-3H3,(H2,34,43)(H,36,44)(H,35,37,38). The van der Waals surface area contributed by atoms with Crippen molar-refractivity contribution < 1.29 is 19.1 Å². The van der Waals surface area contributed by atoms with Gasteiger partial charge >= 0.3 is 6.03 Å². The molecule has 0 atom stereocenters. The molecule has 3 heterocycles. The second kappa shape index (κ2) is 13.2. The Labute approximate surface area is 268 Å². The Morgan fingerprint density at radius 2 is 1.70 bits per heavy atom. The van der Waals surface area contributed by atoms with E-state index in [-0.39, 0.29) is 24.0 Å². The zero-order valence-electron chi connectivity index (χ0n) is 26.5. The lowest BCUT2D eigenvalue weighted by atomic mass is 10.0. The molecule has 0 unspecified atom stereocenters. The van der Waals surface area contributed by atoms with E-state index in [1.54, 1.807) is 60.6 Å². The quantitative estimate of drug-likeness (QED) is 0.321. The maximum atomic E-state index is 13.7. The fourth-order valence-corrected chi connectivity index (χ4v) is 6.40. The van der Waals surface area contributed by atoms with Crippen LogP contribution in [0.3, 0.4) is 0 Å². The molecule has 0 spiro atoms. The minimum absolute atomic E-state index is 0.0842. The van der Waals surface area contributed by atoms with Gasteiger partial charge in [-0.05, 0) is 81.7 Å². The highest BCUT2D eigenvalue weighted by Gasteiger charge is 2.40. The van der Waals surface area contributed by atoms with Crippen molar-refractivity contribution >= 4 is 41.0 Å². The number of hydrogen-bond donors (Lipinski definition) is 3. The van der Waals surface area contributed by atoms with Crippen LogP contribution in [0.2, 0.25) is 0 Å². The monoisotopic (exact) mass is 627 g/mol. The number of methoxy groups -OCH3 is 1. The average molecular weight is 628 g/mol. The maximum absolute atomic E-state index is 13.7. The Balaban J connectivity index is 1.26. The highest BCUT2D eigenvalue weighted by atomic mass is 16.5. The summed E-state index contributed by atoms with van der Waals surface area (Å²) in [5, 5.41) is 10.1. The smallest absolute Gasteiger partial charge is 0.343 e. The molecule has 242 valence electrons. The number of benzene rings is 2. The second-order valence-electron chi connectivity index (χ2n) is 12.2. The Morgan fingerprint density at radius 1 is 1.00 bits per heavy atom. The van der Waals surface area contributed by atoms with Gasteiger partial charge in [0.1, 0.15) is 11.4 Å². The number of nitrogens with two attached hydrogens (primary N) is 1. The van der Waals surface area contributed by atoms with E-state index in [0.29, 0.717) is 46.6 Å². The number of hydrogen-bond acceptors (Lipinski definition) is 9. The van der Waals surface area contributed by atoms with Gasteiger partial charge in [-0.1, -0.05) is 25.0 Å². The molecule has 3 aromatic rings. The first-order valence-corrected chi connectivity index (χ1v) is 15.8. The molecule has 0 radical (unpaired) electrons. The van der Waals surface area contributed by atoms with Crippen molar-refractivity contribution in [2.45, 2.75) is 57.2 Å². The molecule has 4 N–H and O–H groups in total. The number of likely N-dealkylation sites (tertiary alicyclic amines) is 1. The SMILES string of the molecule is COc1cc(C(=O)NC2CCN(C)CC2)ccc1Nc1ncc2c(n1)N(C1CCCC1)N(Cc1ccc(C(N)=O)cc1)C(=O)N2C. The Kier molecular flexibility index (Phi) is 8.93. The highest BCUT2D eigenvalue weighted by molar-refractivity contribution is 5.99. The number of urea groups is 1. The first-order chi connectivity index (χ1) is 22.2. The largest absolute Gasteiger partial charge is 0.495 e. The van der Waals surface area contributed by atoms with Crippen LogP contribution in [0.5, 0.6) is 5.75 Å². The first kappa shape index (κ1) is 31.1. The highest BCUT2D eigenvalue weighted by Crippen LogP contribution is 2.40. The molecule has 1 aliphatic carbocycles. The molecular weight excluding hydrogens is 586 g/mol. The van der Waals surface area contributed by atoms with Crippen LogP contribution in [0.25, 0.3) is 0 Å². The molecule has 2 fully saturated rings. The van der Waals surface area contributed by atoms with Crippen LogP contribution in [-0.2, 0) is 6.54 Å². The molecule has 46 heavy (non-hydrogen) atoms. The molecule has 3 aliphatic rings. The predicted octanol–water partition coefficient (Wildman–Crippen LogP) is 3.89. The van der Waals surface area contributed by atoms with Gasteiger partial charge in [0.2, 0.25) is 11.9 Å². The van der Waals surface area contributed by atoms with Crippen molar-refractivity contribution in [3.05, 3.63) is 65.4 Å². The molecule has 0 bridgehead atoms. The zero-order valence-corrected chi connectivity index (χ0v) is 26.5. The number of nitrogens with zero attached hydrogens (tertiary/aromatic N) is 6. The number of ether oxygens (including phenoxy) is 1. The van der Waals surface area contributed by atoms with Crippen LogP contribution in [0.1, 0.15) is 64.8 Å². The number of aromatic nitrogens is 2. The van der Waals surface area contributed by atoms with Gasteiger partial charge in [0.25, 0.3) is 5.91 Å². The minimum atomic E-state index is -0.499. The van der Waals surface area contributed by atoms with E-state index < -0.39 is 5.91 Å². The number of piperidine rings is 1. The van der Waals surface area contributed by atoms with E-state index in [2.05, 4.69) is 27.6 Å². The fourth-order valence-electron chi connectivity index (χ4n) is 6.40. The number of carbonyl (C=O) groups is 3. The molecule has 13 heteroatoms. The van der Waals surface area contributed by atoms with Gasteiger partial charge in [-0.2, -0.15) is 4.98 Å². The average Bonchev–Trinajstić information content (AvgIpc) is 3.59. The molecule has 13 nitrogen and oxygen atoms in total. The third-order valence-electron chi connectivity index (χ3n) is 9.10. The lowest BCUT2D eigenvalue weighted by molar-refractivity contribution is 0.0915. The molecule has 2 aliphatic heterocycles. The van der Waals surface area contributed by atoms with Gasteiger partial charge in [-0.15, -0.1) is 0 Å². The third-order valence-corrected chi connectivity index (χ3v) is 9.10. The van der Waals surface area contributed by atoms with Gasteiger partial charge in [0, 0.05) is 24.2 Å². The molecule has 1 aromatic heterocycles. The molecule has 1 saturated carbocycles. The molecular formula is C33H41N9O4. The summed E-state index contributed by atoms with van der Waals surface area (Å²) in [7, 11) is 5.36. The van der Waals surface area contributed by atoms with Crippen molar-refractivity contribution in [2.75, 3.05) is 49.5 Å². The summed E-state index contributed by atoms with van der Waals surface area (Å²) < 4.78 is 5.66. The summed E-state index contributed by atoms with van der Waals surface area (Å²) in [6.07, 6.45) is 7.47. The van der Waals surface area contributed by atoms with Gasteiger partial charge in [0.05, 0.1) is 31.6 Å². The lowest BCUT2D eigenvalue weighted by Crippen LogP contribution is -2.58. The number of rotatable bonds is 9. The molecule has 1 saturated heterocycles. The number of hydrazine groups is 1.